The molecule has 0 saturated heterocycles. The van der Waals surface area contributed by atoms with Crippen LogP contribution in [0.4, 0.5) is 0 Å². The minimum Gasteiger partial charge on any atom is -0.396 e. The molecular formula is C12H25NO. The first-order valence-corrected chi connectivity index (χ1v) is 6.05. The Balaban J connectivity index is 2.05. The van der Waals surface area contributed by atoms with E-state index in [1.54, 1.807) is 0 Å². The molecular weight excluding hydrogens is 174 g/mol. The molecule has 2 unspecified atom stereocenters. The van der Waals surface area contributed by atoms with Crippen molar-refractivity contribution in [1.29, 1.82) is 0 Å². The number of aliphatic hydroxyl groups excluding tert-OH is 1. The summed E-state index contributed by atoms with van der Waals surface area (Å²) < 4.78 is 0. The van der Waals surface area contributed by atoms with Crippen LogP contribution in [0.25, 0.3) is 0 Å². The maximum Gasteiger partial charge on any atom is 0.0462 e. The van der Waals surface area contributed by atoms with E-state index in [4.69, 9.17) is 5.11 Å². The lowest BCUT2D eigenvalue weighted by Crippen LogP contribution is -2.28. The summed E-state index contributed by atoms with van der Waals surface area (Å²) in [5, 5.41) is 12.7. The van der Waals surface area contributed by atoms with Crippen molar-refractivity contribution in [2.75, 3.05) is 19.7 Å². The van der Waals surface area contributed by atoms with Gasteiger partial charge in [0.2, 0.25) is 0 Å². The number of hydrogen-bond acceptors (Lipinski definition) is 2. The van der Waals surface area contributed by atoms with Gasteiger partial charge in [-0.05, 0) is 50.1 Å². The average molecular weight is 199 g/mol. The van der Waals surface area contributed by atoms with Gasteiger partial charge in [-0.25, -0.2) is 0 Å². The Bertz CT molecular complexity index is 147. The SMILES string of the molecule is CC(C)CCNCC1CCCC1CO. The fourth-order valence-electron chi connectivity index (χ4n) is 2.30. The lowest BCUT2D eigenvalue weighted by atomic mass is 9.97. The predicted molar refractivity (Wildman–Crippen MR) is 60.2 cm³/mol. The van der Waals surface area contributed by atoms with Gasteiger partial charge in [0.1, 0.15) is 0 Å². The molecule has 0 aromatic rings. The minimum absolute atomic E-state index is 0.385. The van der Waals surface area contributed by atoms with Gasteiger partial charge in [-0.1, -0.05) is 20.3 Å². The molecule has 0 aliphatic heterocycles. The smallest absolute Gasteiger partial charge is 0.0462 e. The molecule has 1 rings (SSSR count). The molecule has 0 aromatic heterocycles. The van der Waals surface area contributed by atoms with Crippen molar-refractivity contribution in [3.05, 3.63) is 0 Å². The molecule has 0 aromatic carbocycles. The Kier molecular flexibility index (Phi) is 5.49. The van der Waals surface area contributed by atoms with Crippen LogP contribution in [0.2, 0.25) is 0 Å². The van der Waals surface area contributed by atoms with Gasteiger partial charge in [0.15, 0.2) is 0 Å². The Morgan fingerprint density at radius 2 is 2.00 bits per heavy atom. The van der Waals surface area contributed by atoms with Crippen molar-refractivity contribution < 1.29 is 5.11 Å². The highest BCUT2D eigenvalue weighted by molar-refractivity contribution is 4.78. The van der Waals surface area contributed by atoms with Crippen LogP contribution >= 0.6 is 0 Å². The molecule has 1 fully saturated rings. The second-order valence-corrected chi connectivity index (χ2v) is 5.02. The van der Waals surface area contributed by atoms with E-state index in [2.05, 4.69) is 19.2 Å². The van der Waals surface area contributed by atoms with Gasteiger partial charge in [0.05, 0.1) is 0 Å². The number of hydrogen-bond donors (Lipinski definition) is 2. The summed E-state index contributed by atoms with van der Waals surface area (Å²) in [5.41, 5.74) is 0. The van der Waals surface area contributed by atoms with Crippen LogP contribution in [-0.4, -0.2) is 24.8 Å². The van der Waals surface area contributed by atoms with Crippen LogP contribution in [0.3, 0.4) is 0 Å². The van der Waals surface area contributed by atoms with Crippen LogP contribution in [0.15, 0.2) is 0 Å². The van der Waals surface area contributed by atoms with Crippen molar-refractivity contribution in [3.63, 3.8) is 0 Å². The van der Waals surface area contributed by atoms with Gasteiger partial charge in [-0.15, -0.1) is 0 Å². The highest BCUT2D eigenvalue weighted by atomic mass is 16.3. The van der Waals surface area contributed by atoms with Crippen LogP contribution in [0.5, 0.6) is 0 Å². The zero-order valence-corrected chi connectivity index (χ0v) is 9.63. The molecule has 1 aliphatic rings. The quantitative estimate of drug-likeness (QED) is 0.642. The van der Waals surface area contributed by atoms with E-state index in [9.17, 15) is 0 Å². The standard InChI is InChI=1S/C12H25NO/c1-10(2)6-7-13-8-11-4-3-5-12(11)9-14/h10-14H,3-9H2,1-2H3. The first-order valence-electron chi connectivity index (χ1n) is 6.05. The molecule has 1 aliphatic carbocycles. The van der Waals surface area contributed by atoms with E-state index >= 15 is 0 Å². The maximum atomic E-state index is 9.15. The molecule has 2 atom stereocenters. The monoisotopic (exact) mass is 199 g/mol. The van der Waals surface area contributed by atoms with E-state index in [0.717, 1.165) is 24.9 Å². The van der Waals surface area contributed by atoms with Crippen molar-refractivity contribution in [3.8, 4) is 0 Å². The molecule has 2 N–H and O–H groups in total. The van der Waals surface area contributed by atoms with Crippen molar-refractivity contribution in [2.24, 2.45) is 17.8 Å². The number of aliphatic hydroxyl groups is 1. The van der Waals surface area contributed by atoms with E-state index in [1.807, 2.05) is 0 Å². The summed E-state index contributed by atoms with van der Waals surface area (Å²) in [4.78, 5) is 0. The third-order valence-electron chi connectivity index (χ3n) is 3.36. The molecule has 0 radical (unpaired) electrons. The van der Waals surface area contributed by atoms with Crippen LogP contribution in [0.1, 0.15) is 39.5 Å². The highest BCUT2D eigenvalue weighted by Crippen LogP contribution is 2.30. The molecule has 2 heteroatoms. The normalized spacial score (nSPS) is 27.4. The summed E-state index contributed by atoms with van der Waals surface area (Å²) in [7, 11) is 0. The van der Waals surface area contributed by atoms with Gasteiger partial charge in [0, 0.05) is 6.61 Å². The summed E-state index contributed by atoms with van der Waals surface area (Å²) >= 11 is 0. The van der Waals surface area contributed by atoms with Crippen molar-refractivity contribution >= 4 is 0 Å². The van der Waals surface area contributed by atoms with E-state index < -0.39 is 0 Å². The Labute approximate surface area is 88.1 Å². The van der Waals surface area contributed by atoms with E-state index in [0.29, 0.717) is 12.5 Å². The topological polar surface area (TPSA) is 32.3 Å². The van der Waals surface area contributed by atoms with Crippen LogP contribution in [0, 0.1) is 17.8 Å². The minimum atomic E-state index is 0.385. The van der Waals surface area contributed by atoms with Gasteiger partial charge in [-0.3, -0.25) is 0 Å². The van der Waals surface area contributed by atoms with Crippen molar-refractivity contribution in [2.45, 2.75) is 39.5 Å². The summed E-state index contributed by atoms with van der Waals surface area (Å²) in [6.45, 7) is 7.14. The van der Waals surface area contributed by atoms with Gasteiger partial charge < -0.3 is 10.4 Å². The summed E-state index contributed by atoms with van der Waals surface area (Å²) in [6, 6.07) is 0. The molecule has 0 spiro atoms. The van der Waals surface area contributed by atoms with Crippen LogP contribution < -0.4 is 5.32 Å². The molecule has 0 amide bonds. The fraction of sp³-hybridized carbons (Fsp3) is 1.00. The molecule has 14 heavy (non-hydrogen) atoms. The Morgan fingerprint density at radius 1 is 1.29 bits per heavy atom. The number of nitrogens with one attached hydrogen (secondary N) is 1. The summed E-state index contributed by atoms with van der Waals surface area (Å²) in [6.07, 6.45) is 5.10. The first-order chi connectivity index (χ1) is 6.74. The van der Waals surface area contributed by atoms with Gasteiger partial charge in [-0.2, -0.15) is 0 Å². The number of rotatable bonds is 6. The second-order valence-electron chi connectivity index (χ2n) is 5.02. The van der Waals surface area contributed by atoms with Crippen molar-refractivity contribution in [1.82, 2.24) is 5.32 Å². The van der Waals surface area contributed by atoms with E-state index in [1.165, 1.54) is 25.7 Å². The zero-order valence-electron chi connectivity index (χ0n) is 9.63. The largest absolute Gasteiger partial charge is 0.396 e. The van der Waals surface area contributed by atoms with Gasteiger partial charge >= 0.3 is 0 Å². The fourth-order valence-corrected chi connectivity index (χ4v) is 2.30. The molecule has 2 nitrogen and oxygen atoms in total. The van der Waals surface area contributed by atoms with Crippen LogP contribution in [-0.2, 0) is 0 Å². The lowest BCUT2D eigenvalue weighted by molar-refractivity contribution is 0.192. The summed E-state index contributed by atoms with van der Waals surface area (Å²) in [5.74, 6) is 2.09. The third kappa shape index (κ3) is 3.97. The molecule has 0 bridgehead atoms. The molecule has 84 valence electrons. The molecule has 0 heterocycles. The highest BCUT2D eigenvalue weighted by Gasteiger charge is 2.25. The third-order valence-corrected chi connectivity index (χ3v) is 3.36. The van der Waals surface area contributed by atoms with E-state index in [-0.39, 0.29) is 0 Å². The predicted octanol–water partition coefficient (Wildman–Crippen LogP) is 2.03. The Hall–Kier alpha value is -0.0800. The van der Waals surface area contributed by atoms with Gasteiger partial charge in [0.25, 0.3) is 0 Å². The lowest BCUT2D eigenvalue weighted by Gasteiger charge is -2.18. The average Bonchev–Trinajstić information content (AvgIpc) is 2.59. The molecule has 1 saturated carbocycles. The second kappa shape index (κ2) is 6.41. The first kappa shape index (κ1) is 12.0. The zero-order chi connectivity index (χ0) is 10.4. The Morgan fingerprint density at radius 3 is 2.64 bits per heavy atom. The maximum absolute atomic E-state index is 9.15.